The maximum atomic E-state index is 12.8. The fraction of sp³-hybridized carbons (Fsp3) is 0.294. The van der Waals surface area contributed by atoms with Crippen molar-refractivity contribution < 1.29 is 55.0 Å². The molecule has 1 radical (unpaired) electrons. The fourth-order valence-corrected chi connectivity index (χ4v) is 2.13. The number of benzene rings is 1. The molecule has 2 nitrogen and oxygen atoms in total. The molecule has 127 valence electrons. The Bertz CT molecular complexity index is 626. The number of rotatable bonds is 6. The second-order valence-corrected chi connectivity index (χ2v) is 5.00. The fourth-order valence-electron chi connectivity index (χ4n) is 2.13. The SMILES string of the molecule is C=C1C(C)=C[C-]=C(c2ccc(OCC(F)F)cc2)N1CC(F)F.[Y]. The predicted octanol–water partition coefficient (Wildman–Crippen LogP) is 4.51. The molecule has 0 bridgehead atoms. The van der Waals surface area contributed by atoms with Crippen LogP contribution in [0.15, 0.2) is 48.2 Å². The summed E-state index contributed by atoms with van der Waals surface area (Å²) in [5, 5.41) is 0. The van der Waals surface area contributed by atoms with Crippen LogP contribution in [-0.4, -0.2) is 30.9 Å². The molecular weight excluding hydrogens is 399 g/mol. The zero-order chi connectivity index (χ0) is 17.0. The number of hydrogen-bond acceptors (Lipinski definition) is 2. The topological polar surface area (TPSA) is 12.5 Å². The van der Waals surface area contributed by atoms with Crippen molar-refractivity contribution in [2.24, 2.45) is 0 Å². The molecule has 0 atom stereocenters. The Balaban J connectivity index is 0.00000288. The second-order valence-electron chi connectivity index (χ2n) is 5.00. The quantitative estimate of drug-likeness (QED) is 0.501. The summed E-state index contributed by atoms with van der Waals surface area (Å²) in [6.07, 6.45) is -0.431. The van der Waals surface area contributed by atoms with E-state index in [-0.39, 0.29) is 38.5 Å². The molecule has 1 aromatic rings. The number of allylic oxidation sites excluding steroid dienone is 3. The molecule has 0 aliphatic carbocycles. The summed E-state index contributed by atoms with van der Waals surface area (Å²) in [5.74, 6) is 0.288. The van der Waals surface area contributed by atoms with Crippen LogP contribution in [-0.2, 0) is 32.7 Å². The molecule has 1 aromatic carbocycles. The summed E-state index contributed by atoms with van der Waals surface area (Å²) in [6.45, 7) is 4.42. The Morgan fingerprint density at radius 3 is 2.29 bits per heavy atom. The van der Waals surface area contributed by atoms with E-state index in [2.05, 4.69) is 12.7 Å². The van der Waals surface area contributed by atoms with E-state index in [1.807, 2.05) is 0 Å². The van der Waals surface area contributed by atoms with E-state index < -0.39 is 26.0 Å². The number of halogens is 4. The van der Waals surface area contributed by atoms with E-state index in [4.69, 9.17) is 4.74 Å². The Hall–Kier alpha value is -1.14. The van der Waals surface area contributed by atoms with Crippen LogP contribution in [0.25, 0.3) is 5.70 Å². The standard InChI is InChI=1S/C17H16F4NO.Y/c1-11-3-8-15(22(12(11)2)9-16(18)19)13-4-6-14(7-5-13)23-10-17(20)21;/h3-7,16-17H,2,9-10H2,1H3;/q-1;. The molecular formula is C17H16F4NOY-. The molecule has 0 amide bonds. The van der Waals surface area contributed by atoms with Gasteiger partial charge in [0.15, 0.2) is 0 Å². The molecule has 1 heterocycles. The number of ether oxygens (including phenoxy) is 1. The van der Waals surface area contributed by atoms with Gasteiger partial charge >= 0.3 is 0 Å². The van der Waals surface area contributed by atoms with E-state index in [9.17, 15) is 17.6 Å². The monoisotopic (exact) mass is 415 g/mol. The number of hydrogen-bond donors (Lipinski definition) is 0. The average molecular weight is 415 g/mol. The van der Waals surface area contributed by atoms with Gasteiger partial charge in [0.25, 0.3) is 12.9 Å². The third-order valence-corrected chi connectivity index (χ3v) is 3.30. The van der Waals surface area contributed by atoms with E-state index in [1.165, 1.54) is 17.0 Å². The Morgan fingerprint density at radius 2 is 1.75 bits per heavy atom. The van der Waals surface area contributed by atoms with Crippen molar-refractivity contribution in [1.29, 1.82) is 0 Å². The minimum atomic E-state index is -2.55. The summed E-state index contributed by atoms with van der Waals surface area (Å²) < 4.78 is 54.7. The van der Waals surface area contributed by atoms with Gasteiger partial charge in [0, 0.05) is 32.7 Å². The summed E-state index contributed by atoms with van der Waals surface area (Å²) in [4.78, 5) is 1.40. The van der Waals surface area contributed by atoms with Crippen LogP contribution in [0.5, 0.6) is 5.75 Å². The van der Waals surface area contributed by atoms with Crippen LogP contribution in [0.1, 0.15) is 12.5 Å². The number of nitrogens with zero attached hydrogens (tertiary/aromatic N) is 1. The molecule has 0 saturated carbocycles. The summed E-state index contributed by atoms with van der Waals surface area (Å²) in [7, 11) is 0. The first-order chi connectivity index (χ1) is 10.9. The van der Waals surface area contributed by atoms with Crippen LogP contribution in [0.3, 0.4) is 0 Å². The van der Waals surface area contributed by atoms with Gasteiger partial charge in [0.1, 0.15) is 12.4 Å². The van der Waals surface area contributed by atoms with Gasteiger partial charge in [0.05, 0.1) is 6.54 Å². The van der Waals surface area contributed by atoms with Crippen LogP contribution in [0, 0.1) is 6.08 Å². The minimum Gasteiger partial charge on any atom is -0.488 e. The van der Waals surface area contributed by atoms with Gasteiger partial charge in [-0.2, -0.15) is 12.2 Å². The zero-order valence-electron chi connectivity index (χ0n) is 13.1. The van der Waals surface area contributed by atoms with Crippen molar-refractivity contribution in [3.05, 3.63) is 59.8 Å². The van der Waals surface area contributed by atoms with Gasteiger partial charge < -0.3 is 9.64 Å². The van der Waals surface area contributed by atoms with Crippen molar-refractivity contribution in [2.45, 2.75) is 19.8 Å². The first-order valence-electron chi connectivity index (χ1n) is 6.95. The normalized spacial score (nSPS) is 14.5. The molecule has 1 aliphatic rings. The van der Waals surface area contributed by atoms with Gasteiger partial charge in [-0.25, -0.2) is 17.6 Å². The van der Waals surface area contributed by atoms with Crippen LogP contribution in [0.4, 0.5) is 17.6 Å². The smallest absolute Gasteiger partial charge is 0.272 e. The molecule has 2 rings (SSSR count). The average Bonchev–Trinajstić information content (AvgIpc) is 2.50. The Morgan fingerprint density at radius 1 is 1.12 bits per heavy atom. The van der Waals surface area contributed by atoms with Crippen LogP contribution >= 0.6 is 0 Å². The van der Waals surface area contributed by atoms with Gasteiger partial charge in [-0.05, 0) is 17.8 Å². The molecule has 0 fully saturated rings. The van der Waals surface area contributed by atoms with Gasteiger partial charge in [-0.15, -0.1) is 17.7 Å². The molecule has 1 aliphatic heterocycles. The first-order valence-corrected chi connectivity index (χ1v) is 6.95. The minimum absolute atomic E-state index is 0. The Kier molecular flexibility index (Phi) is 8.17. The van der Waals surface area contributed by atoms with Crippen molar-refractivity contribution in [1.82, 2.24) is 4.90 Å². The van der Waals surface area contributed by atoms with E-state index >= 15 is 0 Å². The third-order valence-electron chi connectivity index (χ3n) is 3.30. The number of alkyl halides is 4. The van der Waals surface area contributed by atoms with Crippen molar-refractivity contribution in [2.75, 3.05) is 13.2 Å². The second kappa shape index (κ2) is 9.37. The van der Waals surface area contributed by atoms with E-state index in [0.717, 1.165) is 5.57 Å². The molecule has 0 spiro atoms. The zero-order valence-corrected chi connectivity index (χ0v) is 15.9. The molecule has 0 saturated heterocycles. The largest absolute Gasteiger partial charge is 0.488 e. The molecule has 7 heteroatoms. The summed E-state index contributed by atoms with van der Waals surface area (Å²) in [5.41, 5.74) is 2.32. The van der Waals surface area contributed by atoms with Gasteiger partial charge in [-0.1, -0.05) is 24.8 Å². The molecule has 0 aromatic heterocycles. The third kappa shape index (κ3) is 5.45. The van der Waals surface area contributed by atoms with Crippen LogP contribution < -0.4 is 4.74 Å². The molecule has 0 N–H and O–H groups in total. The first kappa shape index (κ1) is 20.9. The molecule has 24 heavy (non-hydrogen) atoms. The van der Waals surface area contributed by atoms with Gasteiger partial charge in [-0.3, -0.25) is 0 Å². The van der Waals surface area contributed by atoms with Crippen molar-refractivity contribution >= 4 is 5.70 Å². The maximum absolute atomic E-state index is 12.8. The summed E-state index contributed by atoms with van der Waals surface area (Å²) >= 11 is 0. The van der Waals surface area contributed by atoms with E-state index in [0.29, 0.717) is 17.0 Å². The Labute approximate surface area is 163 Å². The predicted molar refractivity (Wildman–Crippen MR) is 80.2 cm³/mol. The maximum Gasteiger partial charge on any atom is 0.272 e. The van der Waals surface area contributed by atoms with Crippen molar-refractivity contribution in [3.8, 4) is 5.75 Å². The van der Waals surface area contributed by atoms with Crippen molar-refractivity contribution in [3.63, 3.8) is 0 Å². The molecule has 0 unspecified atom stereocenters. The summed E-state index contributed by atoms with van der Waals surface area (Å²) in [6, 6.07) is 6.26. The van der Waals surface area contributed by atoms with Crippen LogP contribution in [0.2, 0.25) is 0 Å². The van der Waals surface area contributed by atoms with E-state index in [1.54, 1.807) is 25.1 Å². The van der Waals surface area contributed by atoms with Gasteiger partial charge in [0.2, 0.25) is 0 Å².